The molecule has 17 heteroatoms. The van der Waals surface area contributed by atoms with Crippen molar-refractivity contribution in [3.63, 3.8) is 0 Å². The van der Waals surface area contributed by atoms with E-state index in [4.69, 9.17) is 38.9 Å². The van der Waals surface area contributed by atoms with E-state index in [-0.39, 0.29) is 6.03 Å². The number of amides is 3. The van der Waals surface area contributed by atoms with E-state index >= 15 is 0 Å². The van der Waals surface area contributed by atoms with E-state index < -0.39 is 6.09 Å². The van der Waals surface area contributed by atoms with E-state index in [2.05, 4.69) is 20.0 Å². The molecule has 3 aliphatic heterocycles. The zero-order valence-electron chi connectivity index (χ0n) is 35.1. The zero-order chi connectivity index (χ0) is 42.8. The van der Waals surface area contributed by atoms with E-state index in [0.717, 1.165) is 47.8 Å². The molecule has 62 heavy (non-hydrogen) atoms. The van der Waals surface area contributed by atoms with E-state index in [1.807, 2.05) is 48.5 Å². The first kappa shape index (κ1) is 42.1. The van der Waals surface area contributed by atoms with Gasteiger partial charge in [0.15, 0.2) is 0 Å². The van der Waals surface area contributed by atoms with Crippen LogP contribution in [0.3, 0.4) is 0 Å². The normalized spacial score (nSPS) is 15.2. The minimum Gasteiger partial charge on any atom is -0.497 e. The minimum atomic E-state index is -1.02. The van der Waals surface area contributed by atoms with Crippen molar-refractivity contribution in [3.8, 4) is 22.8 Å². The smallest absolute Gasteiger partial charge is 0.411 e. The highest BCUT2D eigenvalue weighted by molar-refractivity contribution is 6.03. The van der Waals surface area contributed by atoms with Crippen molar-refractivity contribution in [2.75, 3.05) is 111 Å². The maximum Gasteiger partial charge on any atom is 0.411 e. The number of carbonyl (C=O) groups excluding carboxylic acids is 1. The Morgan fingerprint density at radius 2 is 1.37 bits per heavy atom. The van der Waals surface area contributed by atoms with Crippen molar-refractivity contribution < 1.29 is 33.6 Å². The maximum atomic E-state index is 14.0. The number of methoxy groups -OCH3 is 2. The van der Waals surface area contributed by atoms with E-state index in [1.165, 1.54) is 4.90 Å². The Kier molecular flexibility index (Phi) is 13.5. The summed E-state index contributed by atoms with van der Waals surface area (Å²) in [6, 6.07) is 22.4. The largest absolute Gasteiger partial charge is 0.497 e. The molecule has 324 valence electrons. The van der Waals surface area contributed by atoms with Gasteiger partial charge in [-0.1, -0.05) is 24.3 Å². The number of carboxylic acid groups (broad SMARTS) is 1. The number of benzene rings is 3. The molecule has 3 amide bonds. The maximum absolute atomic E-state index is 14.0. The Hall–Kier alpha value is -6.56. The highest BCUT2D eigenvalue weighted by atomic mass is 16.5. The molecule has 0 bridgehead atoms. The Labute approximate surface area is 360 Å². The van der Waals surface area contributed by atoms with Crippen molar-refractivity contribution in [1.82, 2.24) is 24.8 Å². The van der Waals surface area contributed by atoms with Crippen LogP contribution >= 0.6 is 0 Å². The lowest BCUT2D eigenvalue weighted by Gasteiger charge is -2.28. The molecule has 17 nitrogen and oxygen atoms in total. The van der Waals surface area contributed by atoms with Gasteiger partial charge < -0.3 is 39.2 Å². The van der Waals surface area contributed by atoms with Gasteiger partial charge in [0.1, 0.15) is 17.3 Å². The summed E-state index contributed by atoms with van der Waals surface area (Å²) in [4.78, 5) is 55.4. The lowest BCUT2D eigenvalue weighted by atomic mass is 10.1. The van der Waals surface area contributed by atoms with Crippen LogP contribution in [0.15, 0.2) is 85.2 Å². The molecule has 5 aromatic rings. The number of hydrogen-bond acceptors (Lipinski definition) is 13. The van der Waals surface area contributed by atoms with Gasteiger partial charge in [0.25, 0.3) is 0 Å². The van der Waals surface area contributed by atoms with Crippen LogP contribution in [0, 0.1) is 0 Å². The van der Waals surface area contributed by atoms with Crippen LogP contribution < -0.4 is 34.4 Å². The average Bonchev–Trinajstić information content (AvgIpc) is 3.76. The van der Waals surface area contributed by atoms with Crippen molar-refractivity contribution in [1.29, 1.82) is 0 Å². The first-order valence-electron chi connectivity index (χ1n) is 20.9. The van der Waals surface area contributed by atoms with Crippen molar-refractivity contribution in [3.05, 3.63) is 102 Å². The summed E-state index contributed by atoms with van der Waals surface area (Å²) >= 11 is 0. The molecule has 2 fully saturated rings. The first-order chi connectivity index (χ1) is 30.3. The number of urea groups is 1. The standard InChI is InChI=1S/C45H52N10O7/c1-59-37-12-4-32(5-13-37)30-53(31-33-6-14-38(60-2)15-7-33)42-46-28-34(29-47-42)40-39-16-19-55(41(39)50-43(49-40)52-22-26-62-27-23-52)44(56)48-35-8-10-36(11-9-35)54(45(57)58)18-3-17-51-20-24-61-25-21-51/h4-15,28-29H,3,16-27,30-31H2,1-2H3,(H,48,56)(H,57,58). The Morgan fingerprint density at radius 3 is 1.95 bits per heavy atom. The fraction of sp³-hybridized carbons (Fsp3) is 0.378. The number of aromatic nitrogens is 4. The SMILES string of the molecule is COc1ccc(CN(Cc2ccc(OC)cc2)c2ncc(-c3nc(N4CCOCC4)nc4c3CCN4C(=O)Nc3ccc(N(CCCN4CCOCC4)C(=O)O)cc3)cn2)cc1. The van der Waals surface area contributed by atoms with Crippen molar-refractivity contribution in [2.45, 2.75) is 25.9 Å². The van der Waals surface area contributed by atoms with Gasteiger partial charge in [0, 0.05) is 93.8 Å². The molecule has 5 heterocycles. The second-order valence-corrected chi connectivity index (χ2v) is 15.2. The van der Waals surface area contributed by atoms with Crippen LogP contribution in [-0.2, 0) is 29.0 Å². The molecule has 3 aliphatic rings. The van der Waals surface area contributed by atoms with Crippen LogP contribution in [-0.4, -0.2) is 129 Å². The van der Waals surface area contributed by atoms with Gasteiger partial charge in [-0.15, -0.1) is 0 Å². The molecule has 0 unspecified atom stereocenters. The summed E-state index contributed by atoms with van der Waals surface area (Å²) in [5.74, 6) is 3.13. The quantitative estimate of drug-likeness (QED) is 0.130. The molecule has 0 radical (unpaired) electrons. The monoisotopic (exact) mass is 844 g/mol. The molecular formula is C45H52N10O7. The third-order valence-corrected chi connectivity index (χ3v) is 11.2. The van der Waals surface area contributed by atoms with Gasteiger partial charge in [-0.3, -0.25) is 14.7 Å². The van der Waals surface area contributed by atoms with Crippen LogP contribution in [0.25, 0.3) is 11.3 Å². The summed E-state index contributed by atoms with van der Waals surface area (Å²) in [7, 11) is 3.30. The number of ether oxygens (including phenoxy) is 4. The summed E-state index contributed by atoms with van der Waals surface area (Å²) in [5, 5.41) is 13.0. The molecule has 2 N–H and O–H groups in total. The average molecular weight is 845 g/mol. The van der Waals surface area contributed by atoms with E-state index in [9.17, 15) is 14.7 Å². The molecule has 0 spiro atoms. The molecule has 3 aromatic carbocycles. The van der Waals surface area contributed by atoms with E-state index in [0.29, 0.717) is 119 Å². The summed E-state index contributed by atoms with van der Waals surface area (Å²) in [6.45, 7) is 8.05. The van der Waals surface area contributed by atoms with Crippen LogP contribution in [0.2, 0.25) is 0 Å². The summed E-state index contributed by atoms with van der Waals surface area (Å²) < 4.78 is 21.8. The molecule has 8 rings (SSSR count). The molecule has 0 aliphatic carbocycles. The van der Waals surface area contributed by atoms with Crippen LogP contribution in [0.1, 0.15) is 23.1 Å². The first-order valence-corrected chi connectivity index (χ1v) is 20.9. The van der Waals surface area contributed by atoms with Gasteiger partial charge in [-0.2, -0.15) is 4.98 Å². The Balaban J connectivity index is 1.02. The van der Waals surface area contributed by atoms with Crippen LogP contribution in [0.4, 0.5) is 38.7 Å². The molecular weight excluding hydrogens is 793 g/mol. The number of carbonyl (C=O) groups is 2. The van der Waals surface area contributed by atoms with Gasteiger partial charge >= 0.3 is 12.1 Å². The van der Waals surface area contributed by atoms with Crippen molar-refractivity contribution in [2.24, 2.45) is 0 Å². The number of fused-ring (bicyclic) bond motifs is 1. The third-order valence-electron chi connectivity index (χ3n) is 11.2. The molecule has 2 aromatic heterocycles. The second-order valence-electron chi connectivity index (χ2n) is 15.2. The highest BCUT2D eigenvalue weighted by Crippen LogP contribution is 2.36. The second kappa shape index (κ2) is 19.9. The summed E-state index contributed by atoms with van der Waals surface area (Å²) in [6.07, 6.45) is 3.77. The minimum absolute atomic E-state index is 0.353. The number of hydrogen-bond donors (Lipinski definition) is 2. The molecule has 0 saturated carbocycles. The number of nitrogens with zero attached hydrogens (tertiary/aromatic N) is 9. The van der Waals surface area contributed by atoms with Crippen molar-refractivity contribution >= 4 is 41.2 Å². The number of anilines is 5. The predicted molar refractivity (Wildman–Crippen MR) is 236 cm³/mol. The fourth-order valence-electron chi connectivity index (χ4n) is 7.82. The highest BCUT2D eigenvalue weighted by Gasteiger charge is 2.32. The topological polar surface area (TPSA) is 171 Å². The van der Waals surface area contributed by atoms with Gasteiger partial charge in [-0.25, -0.2) is 24.5 Å². The molecule has 0 atom stereocenters. The number of rotatable bonds is 15. The molecule has 2 saturated heterocycles. The number of morpholine rings is 2. The Bertz CT molecular complexity index is 2220. The summed E-state index contributed by atoms with van der Waals surface area (Å²) in [5.41, 5.74) is 5.42. The predicted octanol–water partition coefficient (Wildman–Crippen LogP) is 5.80. The fourth-order valence-corrected chi connectivity index (χ4v) is 7.82. The Morgan fingerprint density at radius 1 is 0.774 bits per heavy atom. The van der Waals surface area contributed by atoms with E-state index in [1.54, 1.807) is 55.8 Å². The van der Waals surface area contributed by atoms with Gasteiger partial charge in [-0.05, 0) is 72.5 Å². The number of nitrogens with one attached hydrogen (secondary N) is 1. The lowest BCUT2D eigenvalue weighted by molar-refractivity contribution is 0.0376. The zero-order valence-corrected chi connectivity index (χ0v) is 35.1. The van der Waals surface area contributed by atoms with Gasteiger partial charge in [0.05, 0.1) is 46.3 Å². The lowest BCUT2D eigenvalue weighted by Crippen LogP contribution is -2.39. The van der Waals surface area contributed by atoms with Gasteiger partial charge in [0.2, 0.25) is 11.9 Å². The van der Waals surface area contributed by atoms with Crippen LogP contribution in [0.5, 0.6) is 11.5 Å². The third kappa shape index (κ3) is 10.1.